The minimum Gasteiger partial charge on any atom is -0.0581 e. The van der Waals surface area contributed by atoms with E-state index >= 15 is 0 Å². The van der Waals surface area contributed by atoms with Crippen molar-refractivity contribution in [3.05, 3.63) is 68.3 Å². The second kappa shape index (κ2) is 11.4. The van der Waals surface area contributed by atoms with Crippen LogP contribution >= 0.6 is 0 Å². The summed E-state index contributed by atoms with van der Waals surface area (Å²) in [5, 5.41) is 0. The average molecular weight is 589 g/mol. The summed E-state index contributed by atoms with van der Waals surface area (Å²) in [5.74, 6) is 0.378. The molecule has 0 radical (unpaired) electrons. The van der Waals surface area contributed by atoms with Crippen LogP contribution in [0.25, 0.3) is 0 Å². The summed E-state index contributed by atoms with van der Waals surface area (Å²) in [6.45, 7) is 53.5. The lowest BCUT2D eigenvalue weighted by atomic mass is 9.57. The molecule has 0 fully saturated rings. The van der Waals surface area contributed by atoms with Crippen molar-refractivity contribution in [1.82, 2.24) is 0 Å². The van der Waals surface area contributed by atoms with Crippen molar-refractivity contribution in [3.63, 3.8) is 0 Å². The lowest BCUT2D eigenvalue weighted by molar-refractivity contribution is 0.449. The lowest BCUT2D eigenvalue weighted by Crippen LogP contribution is -2.37. The fraction of sp³-hybridized carbons (Fsp3) is 0.721. The molecule has 0 heterocycles. The molecule has 0 saturated carbocycles. The summed E-state index contributed by atoms with van der Waals surface area (Å²) in [6.07, 6.45) is 1.04. The van der Waals surface area contributed by atoms with Crippen molar-refractivity contribution in [2.24, 2.45) is 0 Å². The zero-order valence-electron chi connectivity index (χ0n) is 33.0. The highest BCUT2D eigenvalue weighted by Gasteiger charge is 2.43. The van der Waals surface area contributed by atoms with Crippen molar-refractivity contribution in [2.45, 2.75) is 203 Å². The summed E-state index contributed by atoms with van der Waals surface area (Å²) < 4.78 is 0. The van der Waals surface area contributed by atoms with Crippen LogP contribution in [-0.2, 0) is 44.3 Å². The monoisotopic (exact) mass is 589 g/mol. The third-order valence-electron chi connectivity index (χ3n) is 9.05. The van der Waals surface area contributed by atoms with Crippen LogP contribution in [0.15, 0.2) is 18.2 Å². The predicted molar refractivity (Wildman–Crippen MR) is 196 cm³/mol. The Morgan fingerprint density at radius 1 is 0.372 bits per heavy atom. The molecule has 1 atom stereocenters. The molecule has 1 unspecified atom stereocenters. The Kier molecular flexibility index (Phi) is 9.93. The van der Waals surface area contributed by atoms with Crippen molar-refractivity contribution in [3.8, 4) is 0 Å². The van der Waals surface area contributed by atoms with Crippen LogP contribution in [0.4, 0.5) is 0 Å². The fourth-order valence-electron chi connectivity index (χ4n) is 7.20. The largest absolute Gasteiger partial charge is 0.0581 e. The Balaban J connectivity index is 3.27. The minimum absolute atomic E-state index is 0.00640. The second-order valence-electron chi connectivity index (χ2n) is 21.1. The maximum absolute atomic E-state index is 2.52. The van der Waals surface area contributed by atoms with Crippen LogP contribution in [0.2, 0.25) is 0 Å². The number of hydrogen-bond acceptors (Lipinski definition) is 0. The molecular weight excluding hydrogens is 516 g/mol. The van der Waals surface area contributed by atoms with Crippen LogP contribution in [0.5, 0.6) is 0 Å². The standard InChI is InChI=1S/C43H72/c1-27(23-28-24-29(37(2,3)4)26-30(25-28)38(5,6)7)31-32(39(8,9)10)34(41(14,15)16)36(43(20,21)22)35(42(17,18)19)33(31)40(11,12)13/h24-27H,23H2,1-22H3. The van der Waals surface area contributed by atoms with Crippen LogP contribution in [0, 0.1) is 0 Å². The van der Waals surface area contributed by atoms with Gasteiger partial charge in [0.15, 0.2) is 0 Å². The molecule has 244 valence electrons. The van der Waals surface area contributed by atoms with Gasteiger partial charge in [0.25, 0.3) is 0 Å². The smallest absolute Gasteiger partial charge is 0.0126 e. The summed E-state index contributed by atoms with van der Waals surface area (Å²) >= 11 is 0. The first-order valence-corrected chi connectivity index (χ1v) is 17.1. The van der Waals surface area contributed by atoms with Crippen LogP contribution in [-0.4, -0.2) is 0 Å². The van der Waals surface area contributed by atoms with E-state index in [0.29, 0.717) is 5.92 Å². The van der Waals surface area contributed by atoms with Crippen LogP contribution < -0.4 is 0 Å². The quantitative estimate of drug-likeness (QED) is 0.334. The van der Waals surface area contributed by atoms with E-state index in [4.69, 9.17) is 0 Å². The summed E-state index contributed by atoms with van der Waals surface area (Å²) in [6, 6.07) is 7.49. The van der Waals surface area contributed by atoms with E-state index in [9.17, 15) is 0 Å². The van der Waals surface area contributed by atoms with Gasteiger partial charge in [0.05, 0.1) is 0 Å². The SMILES string of the molecule is CC(Cc1cc(C(C)(C)C)cc(C(C)(C)C)c1)c1c(C(C)(C)C)c(C(C)(C)C)c(C(C)(C)C)c(C(C)(C)C)c1C(C)(C)C. The van der Waals surface area contributed by atoms with Gasteiger partial charge in [-0.15, -0.1) is 0 Å². The molecule has 0 nitrogen and oxygen atoms in total. The van der Waals surface area contributed by atoms with Crippen LogP contribution in [0.1, 0.15) is 208 Å². The van der Waals surface area contributed by atoms with Gasteiger partial charge in [-0.1, -0.05) is 171 Å². The van der Waals surface area contributed by atoms with E-state index in [0.717, 1.165) is 6.42 Å². The molecule has 2 aromatic carbocycles. The van der Waals surface area contributed by atoms with Gasteiger partial charge in [0.2, 0.25) is 0 Å². The highest BCUT2D eigenvalue weighted by atomic mass is 14.5. The Labute approximate surface area is 270 Å². The van der Waals surface area contributed by atoms with Gasteiger partial charge in [-0.2, -0.15) is 0 Å². The van der Waals surface area contributed by atoms with Gasteiger partial charge >= 0.3 is 0 Å². The maximum Gasteiger partial charge on any atom is -0.0126 e. The maximum atomic E-state index is 2.52. The molecule has 0 amide bonds. The summed E-state index contributed by atoms with van der Waals surface area (Å²) in [4.78, 5) is 0. The molecule has 0 spiro atoms. The molecule has 0 aliphatic carbocycles. The first kappa shape index (κ1) is 37.6. The molecule has 0 N–H and O–H groups in total. The summed E-state index contributed by atoms with van der Waals surface area (Å²) in [5.41, 5.74) is 14.2. The topological polar surface area (TPSA) is 0 Å². The zero-order valence-corrected chi connectivity index (χ0v) is 33.0. The molecule has 0 aromatic heterocycles. The fourth-order valence-corrected chi connectivity index (χ4v) is 7.20. The number of hydrogen-bond donors (Lipinski definition) is 0. The molecule has 0 aliphatic heterocycles. The van der Waals surface area contributed by atoms with Crippen molar-refractivity contribution < 1.29 is 0 Å². The van der Waals surface area contributed by atoms with Crippen molar-refractivity contribution in [2.75, 3.05) is 0 Å². The summed E-state index contributed by atoms with van der Waals surface area (Å²) in [7, 11) is 0. The number of rotatable bonds is 3. The van der Waals surface area contributed by atoms with Crippen molar-refractivity contribution >= 4 is 0 Å². The first-order valence-electron chi connectivity index (χ1n) is 17.1. The van der Waals surface area contributed by atoms with Crippen molar-refractivity contribution in [1.29, 1.82) is 0 Å². The van der Waals surface area contributed by atoms with E-state index in [-0.39, 0.29) is 37.9 Å². The van der Waals surface area contributed by atoms with Gasteiger partial charge in [0, 0.05) is 0 Å². The molecule has 0 bridgehead atoms. The molecule has 2 aromatic rings. The van der Waals surface area contributed by atoms with E-state index in [2.05, 4.69) is 171 Å². The van der Waals surface area contributed by atoms with Crippen LogP contribution in [0.3, 0.4) is 0 Å². The third kappa shape index (κ3) is 8.38. The Morgan fingerprint density at radius 2 is 0.628 bits per heavy atom. The van der Waals surface area contributed by atoms with E-state index in [1.54, 1.807) is 33.4 Å². The van der Waals surface area contributed by atoms with E-state index < -0.39 is 0 Å². The predicted octanol–water partition coefficient (Wildman–Crippen LogP) is 13.1. The highest BCUT2D eigenvalue weighted by Crippen LogP contribution is 2.53. The van der Waals surface area contributed by atoms with E-state index in [1.165, 1.54) is 16.7 Å². The Hall–Kier alpha value is -1.56. The third-order valence-corrected chi connectivity index (χ3v) is 9.05. The van der Waals surface area contributed by atoms with Gasteiger partial charge < -0.3 is 0 Å². The lowest BCUT2D eigenvalue weighted by Gasteiger charge is -2.47. The average Bonchev–Trinajstić information content (AvgIpc) is 2.72. The van der Waals surface area contributed by atoms with Gasteiger partial charge in [-0.3, -0.25) is 0 Å². The number of benzene rings is 2. The molecular formula is C43H72. The Bertz CT molecular complexity index is 1210. The normalized spacial score (nSPS) is 15.2. The second-order valence-corrected chi connectivity index (χ2v) is 21.1. The molecule has 2 rings (SSSR count). The molecule has 0 saturated heterocycles. The Morgan fingerprint density at radius 3 is 0.860 bits per heavy atom. The van der Waals surface area contributed by atoms with Gasteiger partial charge in [-0.25, -0.2) is 0 Å². The highest BCUT2D eigenvalue weighted by molar-refractivity contribution is 5.63. The molecule has 43 heavy (non-hydrogen) atoms. The minimum atomic E-state index is 0.00640. The first-order chi connectivity index (χ1) is 18.7. The van der Waals surface area contributed by atoms with E-state index in [1.807, 2.05) is 0 Å². The molecule has 0 heteroatoms. The van der Waals surface area contributed by atoms with Gasteiger partial charge in [0.1, 0.15) is 0 Å². The van der Waals surface area contributed by atoms with Gasteiger partial charge in [-0.05, 0) is 100 Å². The molecule has 0 aliphatic rings. The zero-order chi connectivity index (χ0) is 34.1.